The van der Waals surface area contributed by atoms with Crippen LogP contribution in [0.3, 0.4) is 0 Å². The van der Waals surface area contributed by atoms with Crippen molar-refractivity contribution >= 4 is 66.0 Å². The van der Waals surface area contributed by atoms with Crippen molar-refractivity contribution in [3.05, 3.63) is 18.2 Å². The van der Waals surface area contributed by atoms with Crippen molar-refractivity contribution in [2.24, 2.45) is 0 Å². The highest BCUT2D eigenvalue weighted by Gasteiger charge is 2.38. The zero-order valence-electron chi connectivity index (χ0n) is 14.5. The van der Waals surface area contributed by atoms with Gasteiger partial charge in [0.2, 0.25) is 0 Å². The SMILES string of the molecule is CS(=O)(=O)Oc1c(S(=O)(=O)Cl)c(S(C)(=O)=O)c(S(C)(=O)=O)c2c(N)cccc12. The summed E-state index contributed by atoms with van der Waals surface area (Å²) in [7, 11) is -13.0. The monoisotopic (exact) mass is 491 g/mol. The Balaban J connectivity index is 3.53. The van der Waals surface area contributed by atoms with Crippen molar-refractivity contribution in [3.8, 4) is 5.75 Å². The van der Waals surface area contributed by atoms with E-state index in [-0.39, 0.29) is 11.1 Å². The summed E-state index contributed by atoms with van der Waals surface area (Å²) in [6, 6.07) is 3.62. The van der Waals surface area contributed by atoms with E-state index in [2.05, 4.69) is 0 Å². The summed E-state index contributed by atoms with van der Waals surface area (Å²) < 4.78 is 102. The maximum Gasteiger partial charge on any atom is 0.306 e. The van der Waals surface area contributed by atoms with E-state index >= 15 is 0 Å². The first-order valence-corrected chi connectivity index (χ1v) is 14.9. The molecule has 2 N–H and O–H groups in total. The van der Waals surface area contributed by atoms with Gasteiger partial charge in [-0.15, -0.1) is 0 Å². The van der Waals surface area contributed by atoms with Crippen molar-refractivity contribution < 1.29 is 37.9 Å². The molecule has 0 spiro atoms. The summed E-state index contributed by atoms with van der Waals surface area (Å²) in [5.74, 6) is -0.965. The molecule has 0 fully saturated rings. The first-order chi connectivity index (χ1) is 12.4. The number of rotatable bonds is 5. The molecule has 0 unspecified atom stereocenters. The van der Waals surface area contributed by atoms with Gasteiger partial charge in [0.1, 0.15) is 9.79 Å². The molecule has 0 saturated heterocycles. The van der Waals surface area contributed by atoms with Crippen LogP contribution >= 0.6 is 10.7 Å². The van der Waals surface area contributed by atoms with Gasteiger partial charge in [0, 0.05) is 39.7 Å². The van der Waals surface area contributed by atoms with Crippen LogP contribution < -0.4 is 9.92 Å². The first-order valence-electron chi connectivity index (χ1n) is 6.98. The molecule has 28 heavy (non-hydrogen) atoms. The van der Waals surface area contributed by atoms with E-state index in [0.717, 1.165) is 6.07 Å². The Morgan fingerprint density at radius 1 is 0.821 bits per heavy atom. The van der Waals surface area contributed by atoms with Crippen molar-refractivity contribution in [1.82, 2.24) is 0 Å². The lowest BCUT2D eigenvalue weighted by Gasteiger charge is -2.19. The quantitative estimate of drug-likeness (QED) is 0.352. The van der Waals surface area contributed by atoms with E-state index in [4.69, 9.17) is 20.6 Å². The topological polar surface area (TPSA) is 172 Å². The summed E-state index contributed by atoms with van der Waals surface area (Å²) in [4.78, 5) is -3.46. The molecule has 15 heteroatoms. The number of sulfone groups is 2. The third-order valence-electron chi connectivity index (χ3n) is 3.41. The van der Waals surface area contributed by atoms with Crippen LogP contribution in [0.4, 0.5) is 5.69 Å². The summed E-state index contributed by atoms with van der Waals surface area (Å²) in [5.41, 5.74) is 5.56. The summed E-state index contributed by atoms with van der Waals surface area (Å²) in [6.07, 6.45) is 1.77. The van der Waals surface area contributed by atoms with Crippen molar-refractivity contribution in [2.75, 3.05) is 24.5 Å². The molecule has 10 nitrogen and oxygen atoms in total. The Kier molecular flexibility index (Phi) is 5.45. The molecule has 0 bridgehead atoms. The fraction of sp³-hybridized carbons (Fsp3) is 0.231. The van der Waals surface area contributed by atoms with Crippen LogP contribution in [0.5, 0.6) is 5.75 Å². The molecule has 2 aromatic carbocycles. The minimum atomic E-state index is -5.01. The van der Waals surface area contributed by atoms with Crippen molar-refractivity contribution in [3.63, 3.8) is 0 Å². The maximum absolute atomic E-state index is 12.4. The Morgan fingerprint density at radius 2 is 1.32 bits per heavy atom. The minimum absolute atomic E-state index is 0.250. The Bertz CT molecular complexity index is 1420. The Labute approximate surface area is 166 Å². The number of nitrogen functional groups attached to an aromatic ring is 1. The Hall–Kier alpha value is -1.61. The van der Waals surface area contributed by atoms with E-state index < -0.39 is 64.7 Å². The zero-order chi connectivity index (χ0) is 21.9. The molecule has 0 heterocycles. The highest BCUT2D eigenvalue weighted by Crippen LogP contribution is 2.46. The van der Waals surface area contributed by atoms with Crippen LogP contribution in [0.25, 0.3) is 10.8 Å². The van der Waals surface area contributed by atoms with Gasteiger partial charge in [-0.25, -0.2) is 25.3 Å². The molecule has 0 aromatic heterocycles. The van der Waals surface area contributed by atoms with E-state index in [0.29, 0.717) is 18.8 Å². The lowest BCUT2D eigenvalue weighted by atomic mass is 10.1. The van der Waals surface area contributed by atoms with Crippen molar-refractivity contribution in [2.45, 2.75) is 14.7 Å². The molecule has 2 rings (SSSR count). The fourth-order valence-electron chi connectivity index (χ4n) is 2.60. The van der Waals surface area contributed by atoms with E-state index in [1.54, 1.807) is 0 Å². The summed E-state index contributed by atoms with van der Waals surface area (Å²) >= 11 is 0. The van der Waals surface area contributed by atoms with Crippen LogP contribution in [0, 0.1) is 0 Å². The molecule has 0 aliphatic carbocycles. The van der Waals surface area contributed by atoms with Gasteiger partial charge >= 0.3 is 10.1 Å². The average Bonchev–Trinajstić information content (AvgIpc) is 2.42. The highest BCUT2D eigenvalue weighted by atomic mass is 35.7. The van der Waals surface area contributed by atoms with E-state index in [1.165, 1.54) is 12.1 Å². The van der Waals surface area contributed by atoms with E-state index in [9.17, 15) is 33.7 Å². The van der Waals surface area contributed by atoms with Gasteiger partial charge in [-0.3, -0.25) is 0 Å². The number of benzene rings is 2. The molecular weight excluding hydrogens is 478 g/mol. The third-order valence-corrected chi connectivity index (χ3v) is 7.77. The summed E-state index contributed by atoms with van der Waals surface area (Å²) in [5, 5.41) is -0.773. The largest absolute Gasteiger partial charge is 0.398 e. The standard InChI is InChI=1S/C13H14ClNO9S4/c1-25(16,17)11-9-7(5-4-6-8(9)15)10(24-27(3,20)21)12(28(14,22)23)13(11)26(2,18)19/h4-6H,15H2,1-3H3. The molecule has 2 aromatic rings. The molecule has 0 atom stereocenters. The Morgan fingerprint density at radius 3 is 1.71 bits per heavy atom. The zero-order valence-corrected chi connectivity index (χ0v) is 18.5. The average molecular weight is 492 g/mol. The molecular formula is C13H14ClNO9S4. The van der Waals surface area contributed by atoms with Gasteiger partial charge in [-0.05, 0) is 6.07 Å². The minimum Gasteiger partial charge on any atom is -0.398 e. The number of nitrogens with two attached hydrogens (primary N) is 1. The molecule has 156 valence electrons. The molecule has 0 aliphatic rings. The predicted molar refractivity (Wildman–Crippen MR) is 103 cm³/mol. The molecule has 0 saturated carbocycles. The first kappa shape index (κ1) is 22.7. The van der Waals surface area contributed by atoms with Crippen LogP contribution in [0.1, 0.15) is 0 Å². The summed E-state index contributed by atoms with van der Waals surface area (Å²) in [6.45, 7) is 0. The van der Waals surface area contributed by atoms with Gasteiger partial charge in [-0.1, -0.05) is 12.1 Å². The number of fused-ring (bicyclic) bond motifs is 1. The third kappa shape index (κ3) is 4.35. The van der Waals surface area contributed by atoms with Gasteiger partial charge in [0.15, 0.2) is 25.4 Å². The number of anilines is 1. The van der Waals surface area contributed by atoms with Gasteiger partial charge in [-0.2, -0.15) is 8.42 Å². The number of hydrogen-bond acceptors (Lipinski definition) is 10. The number of hydrogen-bond donors (Lipinski definition) is 1. The fourth-order valence-corrected chi connectivity index (χ4v) is 8.07. The second kappa shape index (κ2) is 6.73. The lowest BCUT2D eigenvalue weighted by molar-refractivity contribution is 0.485. The van der Waals surface area contributed by atoms with Gasteiger partial charge < -0.3 is 9.92 Å². The van der Waals surface area contributed by atoms with Crippen LogP contribution in [-0.2, 0) is 38.8 Å². The van der Waals surface area contributed by atoms with Gasteiger partial charge in [0.05, 0.1) is 11.2 Å². The normalized spacial score (nSPS) is 13.6. The van der Waals surface area contributed by atoms with Crippen LogP contribution in [-0.4, -0.2) is 52.4 Å². The highest BCUT2D eigenvalue weighted by molar-refractivity contribution is 8.14. The second-order valence-corrected chi connectivity index (χ2v) is 13.8. The predicted octanol–water partition coefficient (Wildman–Crippen LogP) is 0.495. The maximum atomic E-state index is 12.4. The smallest absolute Gasteiger partial charge is 0.306 e. The molecule has 0 radical (unpaired) electrons. The van der Waals surface area contributed by atoms with Gasteiger partial charge in [0.25, 0.3) is 9.05 Å². The lowest BCUT2D eigenvalue weighted by Crippen LogP contribution is -2.17. The second-order valence-electron chi connectivity index (χ2n) is 5.86. The van der Waals surface area contributed by atoms with Crippen molar-refractivity contribution in [1.29, 1.82) is 0 Å². The van der Waals surface area contributed by atoms with E-state index in [1.807, 2.05) is 0 Å². The molecule has 0 amide bonds. The van der Waals surface area contributed by atoms with Crippen LogP contribution in [0.15, 0.2) is 32.9 Å². The van der Waals surface area contributed by atoms with Crippen LogP contribution in [0.2, 0.25) is 0 Å². The molecule has 0 aliphatic heterocycles. The number of halogens is 1.